The van der Waals surface area contributed by atoms with Crippen LogP contribution in [0.25, 0.3) is 11.1 Å². The van der Waals surface area contributed by atoms with E-state index in [0.717, 1.165) is 25.7 Å². The van der Waals surface area contributed by atoms with Crippen LogP contribution >= 0.6 is 0 Å². The molecule has 0 bridgehead atoms. The number of hydrogen-bond acceptors (Lipinski definition) is 4. The van der Waals surface area contributed by atoms with Gasteiger partial charge >= 0.3 is 5.76 Å². The maximum atomic E-state index is 12.8. The van der Waals surface area contributed by atoms with Crippen molar-refractivity contribution in [3.63, 3.8) is 0 Å². The van der Waals surface area contributed by atoms with E-state index in [4.69, 9.17) is 4.42 Å². The summed E-state index contributed by atoms with van der Waals surface area (Å²) in [5.74, 6) is -0.0776. The Labute approximate surface area is 146 Å². The standard InChI is InChI=1S/C19H24N2O4/c1-2-19(24)9-5-6-13-10-20(11-14(13)19)17(22)12-21-15-7-3-4-8-16(15)25-18(21)23/h3-4,7-8,13-14,24H,2,5-6,9-12H2,1H3/t13-,14+,19-/m0/s1. The summed E-state index contributed by atoms with van der Waals surface area (Å²) in [6.07, 6.45) is 3.62. The molecule has 1 saturated carbocycles. The average Bonchev–Trinajstić information content (AvgIpc) is 3.18. The first kappa shape index (κ1) is 16.4. The second kappa shape index (κ2) is 6.02. The van der Waals surface area contributed by atoms with E-state index in [1.54, 1.807) is 18.2 Å². The fourth-order valence-electron chi connectivity index (χ4n) is 4.67. The number of nitrogens with zero attached hydrogens (tertiary/aromatic N) is 2. The highest BCUT2D eigenvalue weighted by molar-refractivity contribution is 5.79. The highest BCUT2D eigenvalue weighted by atomic mass is 16.4. The minimum Gasteiger partial charge on any atom is -0.408 e. The largest absolute Gasteiger partial charge is 0.420 e. The van der Waals surface area contributed by atoms with Crippen LogP contribution in [0.5, 0.6) is 0 Å². The van der Waals surface area contributed by atoms with Gasteiger partial charge in [0.1, 0.15) is 6.54 Å². The summed E-state index contributed by atoms with van der Waals surface area (Å²) in [7, 11) is 0. The first-order chi connectivity index (χ1) is 12.0. The van der Waals surface area contributed by atoms with E-state index in [1.807, 2.05) is 17.9 Å². The normalized spacial score (nSPS) is 29.1. The van der Waals surface area contributed by atoms with Crippen LogP contribution in [0.1, 0.15) is 32.6 Å². The lowest BCUT2D eigenvalue weighted by atomic mass is 9.69. The molecule has 3 atom stereocenters. The number of carbonyl (C=O) groups is 1. The third-order valence-electron chi connectivity index (χ3n) is 6.15. The maximum Gasteiger partial charge on any atom is 0.420 e. The first-order valence-corrected chi connectivity index (χ1v) is 9.10. The lowest BCUT2D eigenvalue weighted by Gasteiger charge is -2.40. The van der Waals surface area contributed by atoms with Crippen molar-refractivity contribution in [3.8, 4) is 0 Å². The molecule has 2 aliphatic rings. The summed E-state index contributed by atoms with van der Waals surface area (Å²) in [4.78, 5) is 26.7. The molecule has 2 aromatic rings. The van der Waals surface area contributed by atoms with Crippen molar-refractivity contribution in [2.24, 2.45) is 11.8 Å². The van der Waals surface area contributed by atoms with E-state index >= 15 is 0 Å². The fourth-order valence-corrected chi connectivity index (χ4v) is 4.67. The van der Waals surface area contributed by atoms with Crippen molar-refractivity contribution < 1.29 is 14.3 Å². The molecule has 2 heterocycles. The molecular formula is C19H24N2O4. The summed E-state index contributed by atoms with van der Waals surface area (Å²) in [5, 5.41) is 10.9. The highest BCUT2D eigenvalue weighted by Gasteiger charge is 2.48. The van der Waals surface area contributed by atoms with Crippen LogP contribution in [0.2, 0.25) is 0 Å². The number of fused-ring (bicyclic) bond motifs is 2. The topological polar surface area (TPSA) is 75.7 Å². The van der Waals surface area contributed by atoms with Crippen molar-refractivity contribution in [3.05, 3.63) is 34.8 Å². The van der Waals surface area contributed by atoms with Crippen molar-refractivity contribution >= 4 is 17.0 Å². The molecular weight excluding hydrogens is 320 g/mol. The number of carbonyl (C=O) groups excluding carboxylic acids is 1. The van der Waals surface area contributed by atoms with Gasteiger partial charge in [-0.1, -0.05) is 25.5 Å². The Balaban J connectivity index is 1.54. The van der Waals surface area contributed by atoms with Gasteiger partial charge in [-0.05, 0) is 37.3 Å². The molecule has 0 unspecified atom stereocenters. The van der Waals surface area contributed by atoms with Crippen LogP contribution in [0.3, 0.4) is 0 Å². The van der Waals surface area contributed by atoms with Crippen LogP contribution in [0.4, 0.5) is 0 Å². The Kier molecular flexibility index (Phi) is 3.95. The van der Waals surface area contributed by atoms with Gasteiger partial charge in [0.2, 0.25) is 5.91 Å². The smallest absolute Gasteiger partial charge is 0.408 e. The molecule has 134 valence electrons. The van der Waals surface area contributed by atoms with E-state index in [2.05, 4.69) is 0 Å². The van der Waals surface area contributed by atoms with Crippen molar-refractivity contribution in [1.82, 2.24) is 9.47 Å². The zero-order valence-electron chi connectivity index (χ0n) is 14.5. The Morgan fingerprint density at radius 2 is 2.16 bits per heavy atom. The molecule has 4 rings (SSSR count). The molecule has 1 saturated heterocycles. The summed E-state index contributed by atoms with van der Waals surface area (Å²) in [6, 6.07) is 7.13. The molecule has 1 aliphatic carbocycles. The van der Waals surface area contributed by atoms with Gasteiger partial charge in [-0.2, -0.15) is 0 Å². The lowest BCUT2D eigenvalue weighted by molar-refractivity contribution is -0.131. The van der Waals surface area contributed by atoms with Gasteiger partial charge in [0.25, 0.3) is 0 Å². The van der Waals surface area contributed by atoms with Crippen molar-refractivity contribution in [2.75, 3.05) is 13.1 Å². The molecule has 1 aliphatic heterocycles. The molecule has 6 heteroatoms. The highest BCUT2D eigenvalue weighted by Crippen LogP contribution is 2.44. The number of rotatable bonds is 3. The van der Waals surface area contributed by atoms with Crippen LogP contribution < -0.4 is 5.76 Å². The van der Waals surface area contributed by atoms with E-state index in [-0.39, 0.29) is 18.4 Å². The maximum absolute atomic E-state index is 12.8. The number of para-hydroxylation sites is 2. The van der Waals surface area contributed by atoms with E-state index < -0.39 is 11.4 Å². The second-order valence-electron chi connectivity index (χ2n) is 7.44. The van der Waals surface area contributed by atoms with Gasteiger partial charge in [-0.3, -0.25) is 9.36 Å². The molecule has 1 aromatic carbocycles. The van der Waals surface area contributed by atoms with Crippen LogP contribution in [0.15, 0.2) is 33.5 Å². The first-order valence-electron chi connectivity index (χ1n) is 9.10. The zero-order valence-corrected chi connectivity index (χ0v) is 14.5. The van der Waals surface area contributed by atoms with Crippen LogP contribution in [0, 0.1) is 11.8 Å². The van der Waals surface area contributed by atoms with E-state index in [9.17, 15) is 14.7 Å². The summed E-state index contributed by atoms with van der Waals surface area (Å²) >= 11 is 0. The molecule has 2 fully saturated rings. The summed E-state index contributed by atoms with van der Waals surface area (Å²) in [5.41, 5.74) is 0.482. The minimum atomic E-state index is -0.656. The quantitative estimate of drug-likeness (QED) is 0.924. The van der Waals surface area contributed by atoms with Crippen molar-refractivity contribution in [2.45, 2.75) is 44.8 Å². The Hall–Kier alpha value is -2.08. The predicted molar refractivity (Wildman–Crippen MR) is 93.1 cm³/mol. The van der Waals surface area contributed by atoms with Crippen molar-refractivity contribution in [1.29, 1.82) is 0 Å². The molecule has 1 amide bonds. The number of hydrogen-bond donors (Lipinski definition) is 1. The van der Waals surface area contributed by atoms with Gasteiger partial charge < -0.3 is 14.4 Å². The number of amides is 1. The Bertz CT molecular complexity index is 854. The Morgan fingerprint density at radius 3 is 2.96 bits per heavy atom. The number of benzene rings is 1. The number of oxazole rings is 1. The Morgan fingerprint density at radius 1 is 1.36 bits per heavy atom. The third kappa shape index (κ3) is 2.68. The predicted octanol–water partition coefficient (Wildman–Crippen LogP) is 1.99. The van der Waals surface area contributed by atoms with Gasteiger partial charge in [0.15, 0.2) is 5.58 Å². The SMILES string of the molecule is CC[C@]1(O)CCC[C@H]2CN(C(=O)Cn3c(=O)oc4ccccc43)C[C@H]21. The molecule has 0 spiro atoms. The van der Waals surface area contributed by atoms with Crippen LogP contribution in [-0.4, -0.2) is 39.2 Å². The average molecular weight is 344 g/mol. The number of aliphatic hydroxyl groups is 1. The lowest BCUT2D eigenvalue weighted by Crippen LogP contribution is -2.44. The molecule has 25 heavy (non-hydrogen) atoms. The fraction of sp³-hybridized carbons (Fsp3) is 0.579. The summed E-state index contributed by atoms with van der Waals surface area (Å²) in [6.45, 7) is 3.26. The molecule has 6 nitrogen and oxygen atoms in total. The van der Waals surface area contributed by atoms with Gasteiger partial charge in [0, 0.05) is 19.0 Å². The van der Waals surface area contributed by atoms with E-state index in [0.29, 0.717) is 30.1 Å². The second-order valence-corrected chi connectivity index (χ2v) is 7.44. The zero-order chi connectivity index (χ0) is 17.6. The molecule has 1 N–H and O–H groups in total. The third-order valence-corrected chi connectivity index (χ3v) is 6.15. The minimum absolute atomic E-state index is 0.0140. The van der Waals surface area contributed by atoms with Gasteiger partial charge in [-0.15, -0.1) is 0 Å². The molecule has 1 aromatic heterocycles. The molecule has 0 radical (unpaired) electrons. The summed E-state index contributed by atoms with van der Waals surface area (Å²) < 4.78 is 6.60. The monoisotopic (exact) mass is 344 g/mol. The number of likely N-dealkylation sites (tertiary alicyclic amines) is 1. The van der Waals surface area contributed by atoms with E-state index in [1.165, 1.54) is 4.57 Å². The van der Waals surface area contributed by atoms with Crippen LogP contribution in [-0.2, 0) is 11.3 Å². The van der Waals surface area contributed by atoms with Gasteiger partial charge in [0.05, 0.1) is 11.1 Å². The number of aromatic nitrogens is 1. The van der Waals surface area contributed by atoms with Gasteiger partial charge in [-0.25, -0.2) is 4.79 Å².